The molecule has 7 heteroatoms. The van der Waals surface area contributed by atoms with Crippen molar-refractivity contribution < 1.29 is 0 Å². The lowest BCUT2D eigenvalue weighted by Gasteiger charge is -2.05. The molecule has 1 aromatic heterocycles. The highest BCUT2D eigenvalue weighted by Gasteiger charge is 2.01. The number of nitrogens with one attached hydrogen (secondary N) is 2. The van der Waals surface area contributed by atoms with E-state index in [9.17, 15) is 0 Å². The molecule has 0 unspecified atom stereocenters. The van der Waals surface area contributed by atoms with Crippen molar-refractivity contribution in [3.8, 4) is 0 Å². The average Bonchev–Trinajstić information content (AvgIpc) is 2.60. The second kappa shape index (κ2) is 4.67. The molecule has 4 N–H and O–H groups in total. The largest absolute Gasteiger partial charge is 0.378 e. The lowest BCUT2D eigenvalue weighted by Crippen LogP contribution is -2.15. The van der Waals surface area contributed by atoms with Crippen LogP contribution in [0, 0.1) is 4.77 Å². The third-order valence-electron chi connectivity index (χ3n) is 2.07. The van der Waals surface area contributed by atoms with Gasteiger partial charge in [-0.1, -0.05) is 15.9 Å². The maximum absolute atomic E-state index is 5.66. The van der Waals surface area contributed by atoms with Crippen LogP contribution in [0.2, 0.25) is 0 Å². The van der Waals surface area contributed by atoms with Gasteiger partial charge in [0.25, 0.3) is 0 Å². The normalized spacial score (nSPS) is 10.3. The van der Waals surface area contributed by atoms with Crippen LogP contribution in [-0.2, 0) is 6.54 Å². The summed E-state index contributed by atoms with van der Waals surface area (Å²) in [6, 6.07) is 7.85. The first-order valence-electron chi connectivity index (χ1n) is 4.57. The zero-order chi connectivity index (χ0) is 11.5. The molecule has 0 saturated heterocycles. The molecule has 0 fully saturated rings. The number of hydrogen-bond acceptors (Lipinski definition) is 4. The lowest BCUT2D eigenvalue weighted by molar-refractivity contribution is 0.856. The number of H-pyrrole nitrogens is 1. The first kappa shape index (κ1) is 11.2. The monoisotopic (exact) mass is 299 g/mol. The number of halogens is 1. The summed E-state index contributed by atoms with van der Waals surface area (Å²) >= 11 is 8.28. The predicted octanol–water partition coefficient (Wildman–Crippen LogP) is 2.03. The average molecular weight is 300 g/mol. The predicted molar refractivity (Wildman–Crippen MR) is 69.0 cm³/mol. The van der Waals surface area contributed by atoms with E-state index in [4.69, 9.17) is 18.1 Å². The van der Waals surface area contributed by atoms with Crippen molar-refractivity contribution in [2.45, 2.75) is 6.54 Å². The van der Waals surface area contributed by atoms with Gasteiger partial charge >= 0.3 is 0 Å². The molecule has 0 saturated carbocycles. The number of hydrogen-bond donors (Lipinski definition) is 3. The first-order chi connectivity index (χ1) is 7.66. The number of anilines is 1. The van der Waals surface area contributed by atoms with Gasteiger partial charge in [-0.05, 0) is 36.5 Å². The maximum Gasteiger partial charge on any atom is 0.214 e. The summed E-state index contributed by atoms with van der Waals surface area (Å²) in [5.74, 6) is 6.32. The van der Waals surface area contributed by atoms with E-state index in [1.807, 2.05) is 24.3 Å². The first-order valence-corrected chi connectivity index (χ1v) is 5.78. The van der Waals surface area contributed by atoms with Crippen LogP contribution in [0.5, 0.6) is 0 Å². The lowest BCUT2D eigenvalue weighted by atomic mass is 10.3. The number of nitrogens with zero attached hydrogens (tertiary/aromatic N) is 2. The smallest absolute Gasteiger partial charge is 0.214 e. The number of benzene rings is 1. The number of aromatic nitrogens is 3. The third-order valence-corrected chi connectivity index (χ3v) is 2.89. The highest BCUT2D eigenvalue weighted by atomic mass is 79.9. The molecule has 0 radical (unpaired) electrons. The standard InChI is InChI=1S/C9H10BrN5S/c10-6-1-3-7(4-2-6)12-5-8-13-14-9(16)15(8)11/h1-4,12H,5,11H2,(H,14,16). The fourth-order valence-electron chi connectivity index (χ4n) is 1.21. The van der Waals surface area contributed by atoms with Crippen molar-refractivity contribution in [2.75, 3.05) is 11.2 Å². The zero-order valence-corrected chi connectivity index (χ0v) is 10.7. The van der Waals surface area contributed by atoms with Gasteiger partial charge in [0.1, 0.15) is 0 Å². The second-order valence-electron chi connectivity index (χ2n) is 3.18. The zero-order valence-electron chi connectivity index (χ0n) is 8.27. The Morgan fingerprint density at radius 3 is 2.69 bits per heavy atom. The minimum atomic E-state index is 0.410. The molecule has 5 nitrogen and oxygen atoms in total. The minimum Gasteiger partial charge on any atom is -0.378 e. The van der Waals surface area contributed by atoms with Gasteiger partial charge in [0.2, 0.25) is 4.77 Å². The molecule has 0 aliphatic rings. The van der Waals surface area contributed by atoms with E-state index < -0.39 is 0 Å². The molecule has 0 aliphatic heterocycles. The van der Waals surface area contributed by atoms with E-state index >= 15 is 0 Å². The van der Waals surface area contributed by atoms with Crippen molar-refractivity contribution in [2.24, 2.45) is 0 Å². The summed E-state index contributed by atoms with van der Waals surface area (Å²) in [5.41, 5.74) is 0.997. The molecule has 0 bridgehead atoms. The molecular formula is C9H10BrN5S. The highest BCUT2D eigenvalue weighted by molar-refractivity contribution is 9.10. The van der Waals surface area contributed by atoms with Gasteiger partial charge in [-0.15, -0.1) is 0 Å². The minimum absolute atomic E-state index is 0.410. The molecule has 1 aromatic carbocycles. The Kier molecular flexibility index (Phi) is 3.25. The van der Waals surface area contributed by atoms with Crippen molar-refractivity contribution in [1.82, 2.24) is 14.9 Å². The fourth-order valence-corrected chi connectivity index (χ4v) is 1.63. The molecule has 16 heavy (non-hydrogen) atoms. The molecule has 0 aliphatic carbocycles. The van der Waals surface area contributed by atoms with Crippen LogP contribution in [0.15, 0.2) is 28.7 Å². The van der Waals surface area contributed by atoms with Gasteiger partial charge in [0, 0.05) is 10.2 Å². The van der Waals surface area contributed by atoms with Crippen molar-refractivity contribution in [3.05, 3.63) is 39.3 Å². The number of rotatable bonds is 3. The van der Waals surface area contributed by atoms with Gasteiger partial charge in [-0.2, -0.15) is 5.10 Å². The Balaban J connectivity index is 2.05. The number of nitrogens with two attached hydrogens (primary N) is 1. The highest BCUT2D eigenvalue weighted by Crippen LogP contribution is 2.14. The molecule has 0 atom stereocenters. The molecule has 2 rings (SSSR count). The van der Waals surface area contributed by atoms with E-state index in [1.165, 1.54) is 4.68 Å². The van der Waals surface area contributed by atoms with Crippen LogP contribution in [0.3, 0.4) is 0 Å². The Hall–Kier alpha value is -1.34. The van der Waals surface area contributed by atoms with Crippen molar-refractivity contribution in [1.29, 1.82) is 0 Å². The summed E-state index contributed by atoms with van der Waals surface area (Å²) in [4.78, 5) is 0. The van der Waals surface area contributed by atoms with Gasteiger partial charge in [0.15, 0.2) is 5.82 Å². The van der Waals surface area contributed by atoms with Crippen LogP contribution >= 0.6 is 28.1 Å². The summed E-state index contributed by atoms with van der Waals surface area (Å²) in [6.45, 7) is 0.519. The summed E-state index contributed by atoms with van der Waals surface area (Å²) < 4.78 is 2.80. The van der Waals surface area contributed by atoms with E-state index in [-0.39, 0.29) is 0 Å². The van der Waals surface area contributed by atoms with Crippen LogP contribution < -0.4 is 11.2 Å². The Morgan fingerprint density at radius 1 is 1.44 bits per heavy atom. The van der Waals surface area contributed by atoms with E-state index in [1.54, 1.807) is 0 Å². The topological polar surface area (TPSA) is 71.7 Å². The molecule has 0 amide bonds. The molecular weight excluding hydrogens is 290 g/mol. The molecule has 1 heterocycles. The SMILES string of the molecule is Nn1c(CNc2ccc(Br)cc2)n[nH]c1=S. The van der Waals surface area contributed by atoms with Gasteiger partial charge in [-0.25, -0.2) is 4.68 Å². The number of nitrogen functional groups attached to an aromatic ring is 1. The second-order valence-corrected chi connectivity index (χ2v) is 4.48. The van der Waals surface area contributed by atoms with Crippen molar-refractivity contribution >= 4 is 33.8 Å². The molecule has 2 aromatic rings. The van der Waals surface area contributed by atoms with Crippen LogP contribution in [0.4, 0.5) is 5.69 Å². The van der Waals surface area contributed by atoms with E-state index in [2.05, 4.69) is 31.4 Å². The molecule has 84 valence electrons. The van der Waals surface area contributed by atoms with E-state index in [0.29, 0.717) is 17.1 Å². The van der Waals surface area contributed by atoms with Crippen LogP contribution in [-0.4, -0.2) is 14.9 Å². The quantitative estimate of drug-likeness (QED) is 0.599. The number of aromatic amines is 1. The van der Waals surface area contributed by atoms with Gasteiger partial charge < -0.3 is 11.2 Å². The van der Waals surface area contributed by atoms with Crippen molar-refractivity contribution in [3.63, 3.8) is 0 Å². The molecule has 0 spiro atoms. The summed E-state index contributed by atoms with van der Waals surface area (Å²) in [7, 11) is 0. The van der Waals surface area contributed by atoms with Gasteiger partial charge in [-0.3, -0.25) is 5.10 Å². The maximum atomic E-state index is 5.66. The van der Waals surface area contributed by atoms with Crippen LogP contribution in [0.1, 0.15) is 5.82 Å². The Bertz CT molecular complexity index is 530. The van der Waals surface area contributed by atoms with Gasteiger partial charge in [0.05, 0.1) is 6.54 Å². The van der Waals surface area contributed by atoms with E-state index in [0.717, 1.165) is 10.2 Å². The summed E-state index contributed by atoms with van der Waals surface area (Å²) in [5, 5.41) is 9.81. The third kappa shape index (κ3) is 2.42. The Morgan fingerprint density at radius 2 is 2.12 bits per heavy atom. The van der Waals surface area contributed by atoms with Crippen LogP contribution in [0.25, 0.3) is 0 Å². The Labute approximate surface area is 106 Å². The fraction of sp³-hybridized carbons (Fsp3) is 0.111. The summed E-state index contributed by atoms with van der Waals surface area (Å²) in [6.07, 6.45) is 0.